The first-order valence-electron chi connectivity index (χ1n) is 6.54. The van der Waals surface area contributed by atoms with Gasteiger partial charge in [0.2, 0.25) is 11.6 Å². The summed E-state index contributed by atoms with van der Waals surface area (Å²) in [5.41, 5.74) is -0.380. The van der Waals surface area contributed by atoms with E-state index in [1.165, 1.54) is 24.3 Å². The number of imidazole rings is 1. The van der Waals surface area contributed by atoms with E-state index in [0.29, 0.717) is 4.73 Å². The van der Waals surface area contributed by atoms with Crippen molar-refractivity contribution >= 4 is 11.6 Å². The first-order valence-corrected chi connectivity index (χ1v) is 6.54. The normalized spacial score (nSPS) is 13.8. The molecule has 0 aliphatic heterocycles. The van der Waals surface area contributed by atoms with E-state index in [1.807, 2.05) is 0 Å². The Labute approximate surface area is 123 Å². The van der Waals surface area contributed by atoms with Gasteiger partial charge in [0.15, 0.2) is 5.82 Å². The highest BCUT2D eigenvalue weighted by Gasteiger charge is 2.29. The quantitative estimate of drug-likeness (QED) is 0.443. The molecule has 1 aliphatic rings. The van der Waals surface area contributed by atoms with Gasteiger partial charge in [-0.1, -0.05) is 12.1 Å². The number of hydrogen-bond donors (Lipinski definition) is 3. The summed E-state index contributed by atoms with van der Waals surface area (Å²) in [6.45, 7) is 0. The fourth-order valence-corrected chi connectivity index (χ4v) is 2.03. The maximum atomic E-state index is 12.0. The average molecular weight is 304 g/mol. The molecular weight excluding hydrogens is 292 g/mol. The number of carbonyl (C=O) groups excluding carboxylic acids is 1. The Morgan fingerprint density at radius 2 is 2.18 bits per heavy atom. The Morgan fingerprint density at radius 3 is 2.82 bits per heavy atom. The molecule has 1 aromatic heterocycles. The van der Waals surface area contributed by atoms with Crippen molar-refractivity contribution in [1.29, 1.82) is 0 Å². The van der Waals surface area contributed by atoms with Crippen LogP contribution in [0.25, 0.3) is 11.4 Å². The van der Waals surface area contributed by atoms with Crippen LogP contribution < -0.4 is 5.32 Å². The fourth-order valence-electron chi connectivity index (χ4n) is 2.03. The Hall–Kier alpha value is -3.10. The van der Waals surface area contributed by atoms with Crippen LogP contribution in [0.4, 0.5) is 5.69 Å². The summed E-state index contributed by atoms with van der Waals surface area (Å²) in [4.78, 5) is 25.9. The van der Waals surface area contributed by atoms with Gasteiger partial charge < -0.3 is 15.6 Å². The molecule has 22 heavy (non-hydrogen) atoms. The molecule has 0 atom stereocenters. The standard InChI is InChI=1S/C13H12N4O5/c18-12(14-8-4-5-8)10-13(19)15-11(16(10)20)7-2-1-3-9(6-7)17(21)22/h1-3,6,8,19-20H,4-5H2,(H,14,18). The monoisotopic (exact) mass is 304 g/mol. The number of nitrogens with one attached hydrogen (secondary N) is 1. The zero-order valence-electron chi connectivity index (χ0n) is 11.3. The van der Waals surface area contributed by atoms with Gasteiger partial charge in [-0.15, -0.1) is 0 Å². The number of nitro groups is 1. The molecule has 9 heteroatoms. The number of amides is 1. The summed E-state index contributed by atoms with van der Waals surface area (Å²) < 4.78 is 0.437. The molecule has 1 aromatic carbocycles. The lowest BCUT2D eigenvalue weighted by atomic mass is 10.2. The highest BCUT2D eigenvalue weighted by molar-refractivity contribution is 5.95. The van der Waals surface area contributed by atoms with Gasteiger partial charge in [-0.3, -0.25) is 14.9 Å². The number of nitrogens with zero attached hydrogens (tertiary/aromatic N) is 3. The molecule has 3 rings (SSSR count). The molecule has 0 bridgehead atoms. The number of carbonyl (C=O) groups is 1. The summed E-state index contributed by atoms with van der Waals surface area (Å²) in [6.07, 6.45) is 1.70. The van der Waals surface area contributed by atoms with E-state index in [1.54, 1.807) is 0 Å². The lowest BCUT2D eigenvalue weighted by molar-refractivity contribution is -0.384. The van der Waals surface area contributed by atoms with Crippen molar-refractivity contribution in [3.63, 3.8) is 0 Å². The van der Waals surface area contributed by atoms with E-state index in [2.05, 4.69) is 10.3 Å². The van der Waals surface area contributed by atoms with E-state index in [0.717, 1.165) is 12.8 Å². The number of nitro benzene ring substituents is 1. The lowest BCUT2D eigenvalue weighted by Gasteiger charge is -2.04. The average Bonchev–Trinajstić information content (AvgIpc) is 3.23. The van der Waals surface area contributed by atoms with Crippen molar-refractivity contribution in [3.05, 3.63) is 40.1 Å². The molecule has 1 heterocycles. The number of aromatic nitrogens is 2. The molecule has 0 spiro atoms. The number of rotatable bonds is 4. The summed E-state index contributed by atoms with van der Waals surface area (Å²) in [5, 5.41) is 33.2. The van der Waals surface area contributed by atoms with E-state index < -0.39 is 22.4 Å². The van der Waals surface area contributed by atoms with E-state index >= 15 is 0 Å². The van der Waals surface area contributed by atoms with Crippen molar-refractivity contribution in [2.45, 2.75) is 18.9 Å². The molecule has 2 aromatic rings. The number of benzene rings is 1. The van der Waals surface area contributed by atoms with Gasteiger partial charge in [0.25, 0.3) is 11.6 Å². The molecule has 3 N–H and O–H groups in total. The molecule has 0 saturated heterocycles. The van der Waals surface area contributed by atoms with Crippen molar-refractivity contribution in [2.75, 3.05) is 0 Å². The molecule has 9 nitrogen and oxygen atoms in total. The van der Waals surface area contributed by atoms with Crippen molar-refractivity contribution in [3.8, 4) is 17.3 Å². The van der Waals surface area contributed by atoms with Crippen LogP contribution in [-0.4, -0.2) is 36.9 Å². The minimum absolute atomic E-state index is 0.0445. The van der Waals surface area contributed by atoms with Crippen LogP contribution in [0.1, 0.15) is 23.3 Å². The second kappa shape index (κ2) is 5.02. The zero-order valence-corrected chi connectivity index (χ0v) is 11.3. The molecule has 0 unspecified atom stereocenters. The van der Waals surface area contributed by atoms with Crippen molar-refractivity contribution in [2.24, 2.45) is 0 Å². The molecular formula is C13H12N4O5. The minimum atomic E-state index is -0.647. The predicted molar refractivity (Wildman–Crippen MR) is 73.7 cm³/mol. The Bertz CT molecular complexity index is 766. The summed E-state index contributed by atoms with van der Waals surface area (Å²) >= 11 is 0. The van der Waals surface area contributed by atoms with Crippen LogP contribution in [0.2, 0.25) is 0 Å². The van der Waals surface area contributed by atoms with Crippen molar-refractivity contribution < 1.29 is 20.0 Å². The first-order chi connectivity index (χ1) is 10.5. The maximum Gasteiger partial charge on any atom is 0.277 e. The largest absolute Gasteiger partial charge is 0.492 e. The lowest BCUT2D eigenvalue weighted by Crippen LogP contribution is -2.27. The number of non-ortho nitro benzene ring substituents is 1. The number of hydrogen-bond acceptors (Lipinski definition) is 6. The van der Waals surface area contributed by atoms with Gasteiger partial charge in [0.1, 0.15) is 0 Å². The highest BCUT2D eigenvalue weighted by Crippen LogP contribution is 2.28. The predicted octanol–water partition coefficient (Wildman–Crippen LogP) is 1.29. The van der Waals surface area contributed by atoms with Crippen LogP contribution in [0.3, 0.4) is 0 Å². The van der Waals surface area contributed by atoms with Gasteiger partial charge in [-0.05, 0) is 12.8 Å². The zero-order chi connectivity index (χ0) is 15.9. The van der Waals surface area contributed by atoms with Gasteiger partial charge >= 0.3 is 0 Å². The summed E-state index contributed by atoms with van der Waals surface area (Å²) in [5.74, 6) is -1.43. The highest BCUT2D eigenvalue weighted by atomic mass is 16.6. The van der Waals surface area contributed by atoms with Crippen LogP contribution in [0.15, 0.2) is 24.3 Å². The van der Waals surface area contributed by atoms with Gasteiger partial charge in [-0.2, -0.15) is 9.71 Å². The second-order valence-corrected chi connectivity index (χ2v) is 4.97. The van der Waals surface area contributed by atoms with Crippen LogP contribution in [-0.2, 0) is 0 Å². The first kappa shape index (κ1) is 13.9. The Morgan fingerprint density at radius 1 is 1.45 bits per heavy atom. The topological polar surface area (TPSA) is 131 Å². The Kier molecular flexibility index (Phi) is 3.17. The van der Waals surface area contributed by atoms with E-state index in [-0.39, 0.29) is 23.1 Å². The van der Waals surface area contributed by atoms with E-state index in [4.69, 9.17) is 0 Å². The van der Waals surface area contributed by atoms with Gasteiger partial charge in [0, 0.05) is 23.7 Å². The Balaban J connectivity index is 1.99. The summed E-state index contributed by atoms with van der Waals surface area (Å²) in [6, 6.07) is 5.42. The molecule has 1 aliphatic carbocycles. The SMILES string of the molecule is O=C(NC1CC1)c1c(O)nc(-c2cccc([N+](=O)[O-])c2)n1O. The smallest absolute Gasteiger partial charge is 0.277 e. The van der Waals surface area contributed by atoms with Crippen molar-refractivity contribution in [1.82, 2.24) is 15.0 Å². The molecule has 0 radical (unpaired) electrons. The molecule has 1 amide bonds. The fraction of sp³-hybridized carbons (Fsp3) is 0.231. The van der Waals surface area contributed by atoms with Gasteiger partial charge in [0.05, 0.1) is 4.92 Å². The van der Waals surface area contributed by atoms with Crippen LogP contribution >= 0.6 is 0 Å². The van der Waals surface area contributed by atoms with Gasteiger partial charge in [-0.25, -0.2) is 0 Å². The third kappa shape index (κ3) is 2.43. The second-order valence-electron chi connectivity index (χ2n) is 4.97. The third-order valence-corrected chi connectivity index (χ3v) is 3.28. The summed E-state index contributed by atoms with van der Waals surface area (Å²) in [7, 11) is 0. The minimum Gasteiger partial charge on any atom is -0.492 e. The molecule has 114 valence electrons. The third-order valence-electron chi connectivity index (χ3n) is 3.28. The molecule has 1 saturated carbocycles. The number of aromatic hydroxyl groups is 1. The van der Waals surface area contributed by atoms with E-state index in [9.17, 15) is 25.2 Å². The molecule has 1 fully saturated rings. The van der Waals surface area contributed by atoms with Crippen LogP contribution in [0, 0.1) is 10.1 Å². The maximum absolute atomic E-state index is 12.0. The van der Waals surface area contributed by atoms with Crippen LogP contribution in [0.5, 0.6) is 5.88 Å².